The number of pyridine rings is 2. The summed E-state index contributed by atoms with van der Waals surface area (Å²) in [5.41, 5.74) is 2.42. The quantitative estimate of drug-likeness (QED) is 0.355. The van der Waals surface area contributed by atoms with Crippen molar-refractivity contribution in [2.45, 2.75) is 20.0 Å². The van der Waals surface area contributed by atoms with Crippen LogP contribution >= 0.6 is 22.9 Å². The Labute approximate surface area is 217 Å². The molecule has 8 nitrogen and oxygen atoms in total. The Balaban J connectivity index is 1.21. The molecule has 0 aliphatic carbocycles. The van der Waals surface area contributed by atoms with E-state index >= 15 is 0 Å². The molecule has 1 fully saturated rings. The van der Waals surface area contributed by atoms with E-state index in [2.05, 4.69) is 30.5 Å². The van der Waals surface area contributed by atoms with Gasteiger partial charge in [0.05, 0.1) is 0 Å². The number of nitrogens with zero attached hydrogens (tertiary/aromatic N) is 5. The number of carbonyl (C=O) groups is 1. The van der Waals surface area contributed by atoms with E-state index in [1.165, 1.54) is 17.4 Å². The molecule has 0 radical (unpaired) electrons. The van der Waals surface area contributed by atoms with Crippen molar-refractivity contribution < 1.29 is 9.18 Å². The molecule has 3 aromatic heterocycles. The van der Waals surface area contributed by atoms with E-state index in [9.17, 15) is 9.18 Å². The highest BCUT2D eigenvalue weighted by molar-refractivity contribution is 7.21. The number of halogens is 2. The summed E-state index contributed by atoms with van der Waals surface area (Å²) >= 11 is 7.25. The molecule has 0 bridgehead atoms. The molecule has 1 amide bonds. The van der Waals surface area contributed by atoms with E-state index in [1.807, 2.05) is 29.2 Å². The maximum Gasteiger partial charge on any atom is 0.219 e. The van der Waals surface area contributed by atoms with Crippen LogP contribution in [-0.4, -0.2) is 56.8 Å². The fourth-order valence-electron chi connectivity index (χ4n) is 4.05. The number of thiazole rings is 1. The molecule has 4 heterocycles. The number of rotatable bonds is 7. The van der Waals surface area contributed by atoms with Crippen molar-refractivity contribution in [2.24, 2.45) is 0 Å². The predicted molar refractivity (Wildman–Crippen MR) is 141 cm³/mol. The zero-order valence-electron chi connectivity index (χ0n) is 19.7. The van der Waals surface area contributed by atoms with Gasteiger partial charge in [-0.2, -0.15) is 0 Å². The first-order valence-corrected chi connectivity index (χ1v) is 12.8. The van der Waals surface area contributed by atoms with Crippen molar-refractivity contribution in [1.82, 2.24) is 24.8 Å². The van der Waals surface area contributed by atoms with Crippen LogP contribution in [0.15, 0.2) is 48.7 Å². The van der Waals surface area contributed by atoms with E-state index in [4.69, 9.17) is 11.6 Å². The minimum atomic E-state index is -0.353. The second-order valence-electron chi connectivity index (χ2n) is 8.59. The minimum Gasteiger partial charge on any atom is -0.366 e. The Morgan fingerprint density at radius 3 is 2.69 bits per heavy atom. The van der Waals surface area contributed by atoms with Gasteiger partial charge in [-0.1, -0.05) is 29.0 Å². The topological polar surface area (TPSA) is 86.3 Å². The average Bonchev–Trinajstić information content (AvgIpc) is 3.25. The standard InChI is InChI=1S/C25H25ClFN7OS/c1-16(35)34-10-8-33(9-11-34)15-17-6-7-28-23(12-17)32-25-30-21-4-5-22(31-24(21)36-25)29-14-18-2-3-19(26)13-20(18)27/h2-7,12-13H,8-11,14-15H2,1H3,(H,29,31)(H,28,30,32). The summed E-state index contributed by atoms with van der Waals surface area (Å²) in [4.78, 5) is 30.2. The lowest BCUT2D eigenvalue weighted by atomic mass is 10.2. The van der Waals surface area contributed by atoms with Gasteiger partial charge >= 0.3 is 0 Å². The second kappa shape index (κ2) is 10.7. The summed E-state index contributed by atoms with van der Waals surface area (Å²) in [5, 5.41) is 7.50. The van der Waals surface area contributed by atoms with Crippen LogP contribution in [0.2, 0.25) is 5.02 Å². The maximum atomic E-state index is 14.0. The molecule has 0 saturated carbocycles. The summed E-state index contributed by atoms with van der Waals surface area (Å²) in [6, 6.07) is 12.4. The predicted octanol–water partition coefficient (Wildman–Crippen LogP) is 4.90. The number of hydrogen-bond acceptors (Lipinski definition) is 8. The summed E-state index contributed by atoms with van der Waals surface area (Å²) in [6.45, 7) is 5.95. The number of nitrogens with one attached hydrogen (secondary N) is 2. The van der Waals surface area contributed by atoms with Crippen LogP contribution in [0.1, 0.15) is 18.1 Å². The van der Waals surface area contributed by atoms with Gasteiger partial charge in [0, 0.05) is 63.0 Å². The Hall–Kier alpha value is -3.34. The zero-order chi connectivity index (χ0) is 25.1. The monoisotopic (exact) mass is 525 g/mol. The Morgan fingerprint density at radius 1 is 1.08 bits per heavy atom. The molecular weight excluding hydrogens is 501 g/mol. The van der Waals surface area contributed by atoms with Crippen LogP contribution in [0.3, 0.4) is 0 Å². The van der Waals surface area contributed by atoms with Gasteiger partial charge in [0.2, 0.25) is 5.91 Å². The molecule has 1 saturated heterocycles. The van der Waals surface area contributed by atoms with Gasteiger partial charge in [-0.3, -0.25) is 9.69 Å². The van der Waals surface area contributed by atoms with Crippen molar-refractivity contribution in [1.29, 1.82) is 0 Å². The van der Waals surface area contributed by atoms with Crippen LogP contribution in [0.4, 0.5) is 21.2 Å². The number of fused-ring (bicyclic) bond motifs is 1. The molecule has 4 aromatic rings. The van der Waals surface area contributed by atoms with Crippen LogP contribution in [0.5, 0.6) is 0 Å². The lowest BCUT2D eigenvalue weighted by molar-refractivity contribution is -0.130. The number of amides is 1. The van der Waals surface area contributed by atoms with E-state index in [0.717, 1.165) is 48.6 Å². The van der Waals surface area contributed by atoms with Crippen molar-refractivity contribution in [3.8, 4) is 0 Å². The lowest BCUT2D eigenvalue weighted by Gasteiger charge is -2.34. The van der Waals surface area contributed by atoms with Gasteiger partial charge in [-0.15, -0.1) is 0 Å². The van der Waals surface area contributed by atoms with Crippen LogP contribution in [0, 0.1) is 5.82 Å². The fourth-order valence-corrected chi connectivity index (χ4v) is 5.05. The molecule has 2 N–H and O–H groups in total. The molecule has 1 aliphatic rings. The number of piperazine rings is 1. The molecule has 5 rings (SSSR count). The van der Waals surface area contributed by atoms with Gasteiger partial charge in [0.25, 0.3) is 0 Å². The normalized spacial score (nSPS) is 14.2. The van der Waals surface area contributed by atoms with Crippen molar-refractivity contribution in [3.63, 3.8) is 0 Å². The average molecular weight is 526 g/mol. The summed E-state index contributed by atoms with van der Waals surface area (Å²) in [7, 11) is 0. The SMILES string of the molecule is CC(=O)N1CCN(Cc2ccnc(Nc3nc4ccc(NCc5ccc(Cl)cc5F)nc4s3)c2)CC1. The minimum absolute atomic E-state index is 0.133. The van der Waals surface area contributed by atoms with Gasteiger partial charge in [0.1, 0.15) is 27.8 Å². The van der Waals surface area contributed by atoms with Gasteiger partial charge in [-0.25, -0.2) is 19.3 Å². The largest absolute Gasteiger partial charge is 0.366 e. The third-order valence-corrected chi connectivity index (χ3v) is 7.13. The van der Waals surface area contributed by atoms with E-state index in [1.54, 1.807) is 25.3 Å². The Bertz CT molecular complexity index is 1390. The smallest absolute Gasteiger partial charge is 0.219 e. The van der Waals surface area contributed by atoms with Gasteiger partial charge in [0.15, 0.2) is 5.13 Å². The molecule has 11 heteroatoms. The maximum absolute atomic E-state index is 14.0. The summed E-state index contributed by atoms with van der Waals surface area (Å²) in [5.74, 6) is 1.13. The Morgan fingerprint density at radius 2 is 1.92 bits per heavy atom. The van der Waals surface area contributed by atoms with Crippen LogP contribution in [0.25, 0.3) is 10.3 Å². The Kier molecular flexibility index (Phi) is 7.26. The van der Waals surface area contributed by atoms with Gasteiger partial charge < -0.3 is 15.5 Å². The first-order valence-electron chi connectivity index (χ1n) is 11.6. The molecule has 0 spiro atoms. The highest BCUT2D eigenvalue weighted by Gasteiger charge is 2.18. The number of hydrogen-bond donors (Lipinski definition) is 2. The van der Waals surface area contributed by atoms with Crippen molar-refractivity contribution in [3.05, 3.63) is 70.6 Å². The third kappa shape index (κ3) is 5.89. The summed E-state index contributed by atoms with van der Waals surface area (Å²) < 4.78 is 14.0. The van der Waals surface area contributed by atoms with Gasteiger partial charge in [-0.05, 0) is 42.0 Å². The fraction of sp³-hybridized carbons (Fsp3) is 0.280. The first kappa shape index (κ1) is 24.4. The van der Waals surface area contributed by atoms with Crippen LogP contribution in [-0.2, 0) is 17.9 Å². The first-order chi connectivity index (χ1) is 17.4. The molecule has 0 atom stereocenters. The van der Waals surface area contributed by atoms with E-state index in [-0.39, 0.29) is 11.7 Å². The highest BCUT2D eigenvalue weighted by atomic mass is 35.5. The third-order valence-electron chi connectivity index (χ3n) is 6.01. The van der Waals surface area contributed by atoms with Crippen molar-refractivity contribution in [2.75, 3.05) is 36.8 Å². The second-order valence-corrected chi connectivity index (χ2v) is 10.00. The number of anilines is 3. The zero-order valence-corrected chi connectivity index (χ0v) is 21.2. The molecule has 0 unspecified atom stereocenters. The number of aromatic nitrogens is 3. The number of carbonyl (C=O) groups excluding carboxylic acids is 1. The molecule has 1 aliphatic heterocycles. The molecular formula is C25H25ClFN7OS. The van der Waals surface area contributed by atoms with E-state index in [0.29, 0.717) is 33.9 Å². The summed E-state index contributed by atoms with van der Waals surface area (Å²) in [6.07, 6.45) is 1.78. The highest BCUT2D eigenvalue weighted by Crippen LogP contribution is 2.28. The molecule has 186 valence electrons. The molecule has 1 aromatic carbocycles. The number of benzene rings is 1. The van der Waals surface area contributed by atoms with Crippen molar-refractivity contribution >= 4 is 56.0 Å². The van der Waals surface area contributed by atoms with E-state index < -0.39 is 0 Å². The lowest BCUT2D eigenvalue weighted by Crippen LogP contribution is -2.47. The molecule has 36 heavy (non-hydrogen) atoms. The van der Waals surface area contributed by atoms with Crippen LogP contribution < -0.4 is 10.6 Å².